The molecule has 4 heteroatoms. The van der Waals surface area contributed by atoms with Gasteiger partial charge in [0.05, 0.1) is 0 Å². The fourth-order valence-corrected chi connectivity index (χ4v) is 1.75. The quantitative estimate of drug-likeness (QED) is 0.481. The molecule has 0 bridgehead atoms. The smallest absolute Gasteiger partial charge is 1.00 e. The van der Waals surface area contributed by atoms with E-state index in [4.69, 9.17) is 11.6 Å². The van der Waals surface area contributed by atoms with E-state index in [0.717, 1.165) is 28.9 Å². The van der Waals surface area contributed by atoms with Crippen molar-refractivity contribution >= 4 is 11.6 Å². The van der Waals surface area contributed by atoms with E-state index in [1.54, 1.807) is 18.2 Å². The van der Waals surface area contributed by atoms with Crippen molar-refractivity contribution in [1.82, 2.24) is 0 Å². The van der Waals surface area contributed by atoms with E-state index < -0.39 is 0 Å². The fraction of sp³-hybridized carbons (Fsp3) is 0.143. The SMILES string of the molecule is Fc1c(Cl)cccc1[CH2][Zn+].[I-]. The predicted molar refractivity (Wildman–Crippen MR) is 35.1 cm³/mol. The van der Waals surface area contributed by atoms with Crippen LogP contribution in [0.1, 0.15) is 5.56 Å². The van der Waals surface area contributed by atoms with Gasteiger partial charge in [-0.25, -0.2) is 0 Å². The molecule has 0 radical (unpaired) electrons. The van der Waals surface area contributed by atoms with Gasteiger partial charge in [0, 0.05) is 0 Å². The van der Waals surface area contributed by atoms with Crippen LogP contribution in [0.15, 0.2) is 18.2 Å². The second kappa shape index (κ2) is 5.44. The molecule has 0 nitrogen and oxygen atoms in total. The van der Waals surface area contributed by atoms with Crippen molar-refractivity contribution < 1.29 is 46.7 Å². The van der Waals surface area contributed by atoms with Gasteiger partial charge in [0.2, 0.25) is 0 Å². The molecule has 1 aromatic carbocycles. The van der Waals surface area contributed by atoms with Gasteiger partial charge in [-0.3, -0.25) is 0 Å². The van der Waals surface area contributed by atoms with Gasteiger partial charge >= 0.3 is 73.9 Å². The van der Waals surface area contributed by atoms with E-state index in [1.165, 1.54) is 0 Å². The molecule has 11 heavy (non-hydrogen) atoms. The minimum Gasteiger partial charge on any atom is -1.00 e. The predicted octanol–water partition coefficient (Wildman–Crippen LogP) is -0.470. The van der Waals surface area contributed by atoms with E-state index in [-0.39, 0.29) is 34.8 Å². The van der Waals surface area contributed by atoms with Crippen LogP contribution >= 0.6 is 11.6 Å². The van der Waals surface area contributed by atoms with Crippen molar-refractivity contribution in [2.75, 3.05) is 0 Å². The molecule has 0 amide bonds. The Morgan fingerprint density at radius 1 is 1.45 bits per heavy atom. The summed E-state index contributed by atoms with van der Waals surface area (Å²) in [5.74, 6) is -0.254. The molecule has 0 N–H and O–H groups in total. The number of halogens is 3. The Balaban J connectivity index is 0.000001000. The molecular weight excluding hydrogens is 331 g/mol. The minimum atomic E-state index is -0.254. The van der Waals surface area contributed by atoms with Crippen molar-refractivity contribution in [3.05, 3.63) is 34.6 Å². The molecule has 0 aliphatic carbocycles. The maximum atomic E-state index is 12.9. The Morgan fingerprint density at radius 2 is 2.09 bits per heavy atom. The summed E-state index contributed by atoms with van der Waals surface area (Å²) in [6, 6.07) is 5.11. The first-order valence-electron chi connectivity index (χ1n) is 2.98. The Bertz CT molecular complexity index is 242. The molecule has 0 atom stereocenters. The van der Waals surface area contributed by atoms with Crippen molar-refractivity contribution in [2.45, 2.75) is 5.02 Å². The molecule has 56 valence electrons. The molecule has 1 aromatic rings. The second-order valence-electron chi connectivity index (χ2n) is 1.96. The van der Waals surface area contributed by atoms with Crippen molar-refractivity contribution in [1.29, 1.82) is 0 Å². The number of hydrogen-bond donors (Lipinski definition) is 0. The minimum absolute atomic E-state index is 0. The van der Waals surface area contributed by atoms with Gasteiger partial charge in [0.25, 0.3) is 0 Å². The summed E-state index contributed by atoms with van der Waals surface area (Å²) in [6.45, 7) is 0. The molecule has 1 rings (SSSR count). The Hall–Kier alpha value is 0.793. The number of hydrogen-bond acceptors (Lipinski definition) is 0. The molecular formula is C7H5ClFIZn. The average Bonchev–Trinajstić information content (AvgIpc) is 1.95. The Labute approximate surface area is 97.2 Å². The summed E-state index contributed by atoms with van der Waals surface area (Å²) in [5, 5.41) is 1.04. The Morgan fingerprint density at radius 3 is 2.55 bits per heavy atom. The molecule has 0 aliphatic heterocycles. The van der Waals surface area contributed by atoms with Crippen molar-refractivity contribution in [3.63, 3.8) is 0 Å². The summed E-state index contributed by atoms with van der Waals surface area (Å²) in [5.41, 5.74) is 0.729. The summed E-state index contributed by atoms with van der Waals surface area (Å²) in [7, 11) is 0. The first-order chi connectivity index (χ1) is 4.75. The largest absolute Gasteiger partial charge is 1.00 e. The fourth-order valence-electron chi connectivity index (χ4n) is 0.742. The first kappa shape index (κ1) is 11.8. The zero-order valence-electron chi connectivity index (χ0n) is 5.78. The monoisotopic (exact) mass is 334 g/mol. The first-order valence-corrected chi connectivity index (χ1v) is 5.45. The topological polar surface area (TPSA) is 0 Å². The molecule has 0 fully saturated rings. The van der Waals surface area contributed by atoms with Gasteiger partial charge in [-0.15, -0.1) is 0 Å². The zero-order chi connectivity index (χ0) is 7.56. The van der Waals surface area contributed by atoms with Crippen LogP contribution in [0.4, 0.5) is 4.39 Å². The standard InChI is InChI=1S/C7H5ClF.HI.Zn/c1-5-3-2-4-6(8)7(5)9;;/h2-4H,1H2;1H;/q;;+1/p-1. The Kier molecular flexibility index (Phi) is 5.83. The van der Waals surface area contributed by atoms with Gasteiger partial charge in [-0.2, -0.15) is 0 Å². The third-order valence-electron chi connectivity index (χ3n) is 1.30. The van der Waals surface area contributed by atoms with Crippen molar-refractivity contribution in [2.24, 2.45) is 0 Å². The normalized spacial score (nSPS) is 9.09. The van der Waals surface area contributed by atoms with E-state index in [1.807, 2.05) is 0 Å². The van der Waals surface area contributed by atoms with Gasteiger partial charge in [0.15, 0.2) is 0 Å². The molecule has 0 unspecified atom stereocenters. The van der Waals surface area contributed by atoms with Crippen LogP contribution in [0, 0.1) is 5.82 Å². The van der Waals surface area contributed by atoms with Crippen LogP contribution in [0.25, 0.3) is 0 Å². The van der Waals surface area contributed by atoms with Gasteiger partial charge in [-0.1, -0.05) is 0 Å². The van der Waals surface area contributed by atoms with Crippen LogP contribution in [0.2, 0.25) is 5.02 Å². The maximum Gasteiger partial charge on any atom is -1.00 e. The second-order valence-corrected chi connectivity index (χ2v) is 3.42. The summed E-state index contributed by atoms with van der Waals surface area (Å²) >= 11 is 6.60. The van der Waals surface area contributed by atoms with Crippen LogP contribution < -0.4 is 24.0 Å². The number of benzene rings is 1. The van der Waals surface area contributed by atoms with E-state index >= 15 is 0 Å². The molecule has 0 aromatic heterocycles. The molecule has 0 saturated carbocycles. The van der Waals surface area contributed by atoms with Crippen LogP contribution in [0.3, 0.4) is 0 Å². The third kappa shape index (κ3) is 2.96. The van der Waals surface area contributed by atoms with Crippen molar-refractivity contribution in [3.8, 4) is 0 Å². The molecule has 0 saturated heterocycles. The number of rotatable bonds is 1. The average molecular weight is 336 g/mol. The molecule has 0 spiro atoms. The van der Waals surface area contributed by atoms with E-state index in [0.29, 0.717) is 0 Å². The summed E-state index contributed by atoms with van der Waals surface area (Å²) < 4.78 is 12.9. The van der Waals surface area contributed by atoms with E-state index in [2.05, 4.69) is 0 Å². The van der Waals surface area contributed by atoms with E-state index in [9.17, 15) is 4.39 Å². The third-order valence-corrected chi connectivity index (χ3v) is 2.72. The van der Waals surface area contributed by atoms with Gasteiger partial charge in [0.1, 0.15) is 0 Å². The summed E-state index contributed by atoms with van der Waals surface area (Å²) in [4.78, 5) is 0. The van der Waals surface area contributed by atoms with Crippen LogP contribution in [-0.4, -0.2) is 0 Å². The van der Waals surface area contributed by atoms with Gasteiger partial charge in [-0.05, 0) is 0 Å². The zero-order valence-corrected chi connectivity index (χ0v) is 11.7. The van der Waals surface area contributed by atoms with Crippen LogP contribution in [-0.2, 0) is 23.3 Å². The molecule has 0 aliphatic rings. The maximum absolute atomic E-state index is 12.9. The van der Waals surface area contributed by atoms with Crippen LogP contribution in [0.5, 0.6) is 0 Å². The van der Waals surface area contributed by atoms with Gasteiger partial charge < -0.3 is 24.0 Å². The molecule has 0 heterocycles. The summed E-state index contributed by atoms with van der Waals surface area (Å²) in [6.07, 6.45) is 0.